The lowest BCUT2D eigenvalue weighted by Crippen LogP contribution is -2.30. The predicted octanol–water partition coefficient (Wildman–Crippen LogP) is 6.27. The van der Waals surface area contributed by atoms with Crippen molar-refractivity contribution in [3.63, 3.8) is 0 Å². The maximum absolute atomic E-state index is 12.6. The molecule has 0 aliphatic rings. The zero-order valence-electron chi connectivity index (χ0n) is 21.3. The van der Waals surface area contributed by atoms with Crippen LogP contribution in [0.2, 0.25) is 0 Å². The van der Waals surface area contributed by atoms with Gasteiger partial charge >= 0.3 is 0 Å². The summed E-state index contributed by atoms with van der Waals surface area (Å²) in [6.45, 7) is 9.90. The van der Waals surface area contributed by atoms with E-state index in [0.717, 1.165) is 32.5 Å². The average molecular weight is 468 g/mol. The summed E-state index contributed by atoms with van der Waals surface area (Å²) in [7, 11) is 0. The van der Waals surface area contributed by atoms with Gasteiger partial charge in [0.05, 0.1) is 0 Å². The number of fused-ring (bicyclic) bond motifs is 1. The third-order valence-corrected chi connectivity index (χ3v) is 6.77. The van der Waals surface area contributed by atoms with Crippen LogP contribution >= 0.6 is 0 Å². The van der Waals surface area contributed by atoms with Crippen LogP contribution in [0.25, 0.3) is 10.9 Å². The van der Waals surface area contributed by atoms with Crippen LogP contribution in [0.15, 0.2) is 79.0 Å². The first-order chi connectivity index (χ1) is 17.0. The van der Waals surface area contributed by atoms with Crippen LogP contribution in [0.5, 0.6) is 0 Å². The summed E-state index contributed by atoms with van der Waals surface area (Å²) in [5, 5.41) is 4.37. The first-order valence-electron chi connectivity index (χ1n) is 12.7. The van der Waals surface area contributed by atoms with Gasteiger partial charge < -0.3 is 14.8 Å². The molecular formula is C31H37N3O. The maximum Gasteiger partial charge on any atom is 0.220 e. The molecule has 4 rings (SSSR count). The van der Waals surface area contributed by atoms with Crippen LogP contribution in [-0.4, -0.2) is 30.1 Å². The number of amides is 1. The Morgan fingerprint density at radius 1 is 0.943 bits per heavy atom. The first-order valence-corrected chi connectivity index (χ1v) is 12.7. The normalized spacial score (nSPS) is 11.1. The summed E-state index contributed by atoms with van der Waals surface area (Å²) in [6.07, 6.45) is 4.42. The Morgan fingerprint density at radius 3 is 2.54 bits per heavy atom. The molecule has 3 aromatic carbocycles. The molecule has 4 aromatic rings. The molecule has 0 saturated carbocycles. The lowest BCUT2D eigenvalue weighted by atomic mass is 10.1. The predicted molar refractivity (Wildman–Crippen MR) is 147 cm³/mol. The molecule has 0 bridgehead atoms. The van der Waals surface area contributed by atoms with Crippen LogP contribution in [0.1, 0.15) is 42.0 Å². The largest absolute Gasteiger partial charge is 0.372 e. The summed E-state index contributed by atoms with van der Waals surface area (Å²) in [6, 6.07) is 25.6. The highest BCUT2D eigenvalue weighted by Gasteiger charge is 2.11. The minimum absolute atomic E-state index is 0.124. The lowest BCUT2D eigenvalue weighted by molar-refractivity contribution is -0.121. The first kappa shape index (κ1) is 24.6. The van der Waals surface area contributed by atoms with Gasteiger partial charge in [-0.2, -0.15) is 0 Å². The zero-order chi connectivity index (χ0) is 24.6. The molecule has 0 radical (unpaired) electrons. The van der Waals surface area contributed by atoms with Crippen molar-refractivity contribution in [2.75, 3.05) is 24.5 Å². The maximum atomic E-state index is 12.6. The van der Waals surface area contributed by atoms with Crippen LogP contribution in [0, 0.1) is 13.8 Å². The number of hydrogen-bond acceptors (Lipinski definition) is 2. The fraction of sp³-hybridized carbons (Fsp3) is 0.323. The number of hydrogen-bond donors (Lipinski definition) is 1. The molecule has 0 atom stereocenters. The van der Waals surface area contributed by atoms with Gasteiger partial charge in [-0.15, -0.1) is 0 Å². The average Bonchev–Trinajstić information content (AvgIpc) is 3.21. The van der Waals surface area contributed by atoms with Crippen LogP contribution in [0.4, 0.5) is 5.69 Å². The number of aryl methyl sites for hydroxylation is 3. The van der Waals surface area contributed by atoms with Gasteiger partial charge in [0.2, 0.25) is 5.91 Å². The Labute approximate surface area is 209 Å². The molecule has 0 aliphatic carbocycles. The van der Waals surface area contributed by atoms with Gasteiger partial charge in [0.25, 0.3) is 0 Å². The molecule has 182 valence electrons. The van der Waals surface area contributed by atoms with Crippen molar-refractivity contribution in [1.29, 1.82) is 0 Å². The van der Waals surface area contributed by atoms with Crippen molar-refractivity contribution in [1.82, 2.24) is 9.88 Å². The molecule has 0 saturated heterocycles. The fourth-order valence-electron chi connectivity index (χ4n) is 4.75. The van der Waals surface area contributed by atoms with Gasteiger partial charge in [0.1, 0.15) is 0 Å². The van der Waals surface area contributed by atoms with Crippen molar-refractivity contribution in [3.8, 4) is 0 Å². The molecule has 1 aromatic heterocycles. The summed E-state index contributed by atoms with van der Waals surface area (Å²) in [5.74, 6) is 0.124. The molecule has 0 fully saturated rings. The number of rotatable bonds is 11. The van der Waals surface area contributed by atoms with E-state index in [0.29, 0.717) is 13.0 Å². The van der Waals surface area contributed by atoms with E-state index in [1.165, 1.54) is 38.8 Å². The number of aromatic nitrogens is 1. The van der Waals surface area contributed by atoms with Gasteiger partial charge in [-0.25, -0.2) is 0 Å². The van der Waals surface area contributed by atoms with Crippen molar-refractivity contribution in [2.24, 2.45) is 0 Å². The van der Waals surface area contributed by atoms with E-state index >= 15 is 0 Å². The van der Waals surface area contributed by atoms with E-state index in [1.54, 1.807) is 0 Å². The van der Waals surface area contributed by atoms with Crippen molar-refractivity contribution in [2.45, 2.75) is 46.6 Å². The van der Waals surface area contributed by atoms with E-state index in [2.05, 4.69) is 115 Å². The Balaban J connectivity index is 1.30. The van der Waals surface area contributed by atoms with E-state index in [1.807, 2.05) is 0 Å². The second kappa shape index (κ2) is 11.7. The molecule has 0 spiro atoms. The highest BCUT2D eigenvalue weighted by atomic mass is 16.1. The molecule has 1 N–H and O–H groups in total. The van der Waals surface area contributed by atoms with Crippen molar-refractivity contribution < 1.29 is 4.79 Å². The topological polar surface area (TPSA) is 37.3 Å². The van der Waals surface area contributed by atoms with Crippen LogP contribution in [0.3, 0.4) is 0 Å². The lowest BCUT2D eigenvalue weighted by Gasteiger charge is -2.23. The van der Waals surface area contributed by atoms with Gasteiger partial charge in [0, 0.05) is 55.4 Å². The van der Waals surface area contributed by atoms with E-state index in [4.69, 9.17) is 0 Å². The molecule has 1 heterocycles. The molecule has 35 heavy (non-hydrogen) atoms. The van der Waals surface area contributed by atoms with E-state index in [9.17, 15) is 4.79 Å². The SMILES string of the molecule is CCN(CCCNC(=O)CCc1cn(Cc2ccccc2C)c2ccccc12)c1cccc(C)c1. The van der Waals surface area contributed by atoms with Crippen LogP contribution < -0.4 is 10.2 Å². The number of anilines is 1. The van der Waals surface area contributed by atoms with E-state index < -0.39 is 0 Å². The number of nitrogens with one attached hydrogen (secondary N) is 1. The summed E-state index contributed by atoms with van der Waals surface area (Å²) in [4.78, 5) is 15.0. The van der Waals surface area contributed by atoms with Crippen LogP contribution in [-0.2, 0) is 17.8 Å². The van der Waals surface area contributed by atoms with Gasteiger partial charge in [0.15, 0.2) is 0 Å². The summed E-state index contributed by atoms with van der Waals surface area (Å²) < 4.78 is 2.32. The second-order valence-corrected chi connectivity index (χ2v) is 9.35. The number of benzene rings is 3. The Hall–Kier alpha value is -3.53. The Morgan fingerprint density at radius 2 is 1.74 bits per heavy atom. The molecular weight excluding hydrogens is 430 g/mol. The molecule has 4 nitrogen and oxygen atoms in total. The summed E-state index contributed by atoms with van der Waals surface area (Å²) >= 11 is 0. The van der Waals surface area contributed by atoms with E-state index in [-0.39, 0.29) is 5.91 Å². The highest BCUT2D eigenvalue weighted by molar-refractivity contribution is 5.85. The number of carbonyl (C=O) groups is 1. The molecule has 1 amide bonds. The molecule has 0 aliphatic heterocycles. The van der Waals surface area contributed by atoms with Crippen molar-refractivity contribution in [3.05, 3.63) is 101 Å². The third kappa shape index (κ3) is 6.33. The van der Waals surface area contributed by atoms with Gasteiger partial charge in [-0.1, -0.05) is 54.6 Å². The fourth-order valence-corrected chi connectivity index (χ4v) is 4.75. The monoisotopic (exact) mass is 467 g/mol. The molecule has 4 heteroatoms. The zero-order valence-corrected chi connectivity index (χ0v) is 21.3. The quantitative estimate of drug-likeness (QED) is 0.264. The van der Waals surface area contributed by atoms with Crippen molar-refractivity contribution >= 4 is 22.5 Å². The minimum atomic E-state index is 0.124. The second-order valence-electron chi connectivity index (χ2n) is 9.35. The Bertz CT molecular complexity index is 1270. The third-order valence-electron chi connectivity index (χ3n) is 6.77. The number of para-hydroxylation sites is 1. The smallest absolute Gasteiger partial charge is 0.220 e. The Kier molecular flexibility index (Phi) is 8.25. The molecule has 0 unspecified atom stereocenters. The van der Waals surface area contributed by atoms with Gasteiger partial charge in [-0.3, -0.25) is 4.79 Å². The van der Waals surface area contributed by atoms with Gasteiger partial charge in [-0.05, 0) is 74.1 Å². The number of carbonyl (C=O) groups excluding carboxylic acids is 1. The minimum Gasteiger partial charge on any atom is -0.372 e. The number of nitrogens with zero attached hydrogens (tertiary/aromatic N) is 2. The standard InChI is InChI=1S/C31H37N3O/c1-4-33(28-14-9-11-24(2)21-28)20-10-19-32-31(35)18-17-27-23-34(30-16-8-7-15-29(27)30)22-26-13-6-5-12-25(26)3/h5-9,11-16,21,23H,4,10,17-20,22H2,1-3H3,(H,32,35). The highest BCUT2D eigenvalue weighted by Crippen LogP contribution is 2.24. The summed E-state index contributed by atoms with van der Waals surface area (Å²) in [5.41, 5.74) is 7.61.